The number of rotatable bonds is 7. The maximum Gasteiger partial charge on any atom is 0.418 e. The molecule has 41 heavy (non-hydrogen) atoms. The number of ether oxygens (including phenoxy) is 1. The number of aromatic carboxylic acids is 1. The SMILES string of the molecule is CNC(=O)Nc1ccc2c(c1)CC[C@@]21OC(=O)N(CC(=O)N(Cc2ccc(F)cc2)c2cccc(C(=O)O)c2)C1=O. The molecule has 5 rings (SSSR count). The van der Waals surface area contributed by atoms with Crippen LogP contribution in [0.3, 0.4) is 0 Å². The van der Waals surface area contributed by atoms with Crippen LogP contribution in [0.5, 0.6) is 0 Å². The molecule has 3 N–H and O–H groups in total. The van der Waals surface area contributed by atoms with Gasteiger partial charge in [0.05, 0.1) is 12.1 Å². The first kappa shape index (κ1) is 27.3. The highest BCUT2D eigenvalue weighted by Crippen LogP contribution is 2.46. The first-order valence-electron chi connectivity index (χ1n) is 12.7. The molecule has 1 heterocycles. The summed E-state index contributed by atoms with van der Waals surface area (Å²) in [4.78, 5) is 65.5. The molecule has 1 aliphatic carbocycles. The van der Waals surface area contributed by atoms with Gasteiger partial charge >= 0.3 is 18.1 Å². The second-order valence-corrected chi connectivity index (χ2v) is 9.62. The van der Waals surface area contributed by atoms with Gasteiger partial charge in [0.1, 0.15) is 12.4 Å². The van der Waals surface area contributed by atoms with E-state index < -0.39 is 47.9 Å². The number of hydrogen-bond acceptors (Lipinski definition) is 6. The average Bonchev–Trinajstić information content (AvgIpc) is 3.44. The normalized spacial score (nSPS) is 17.3. The summed E-state index contributed by atoms with van der Waals surface area (Å²) >= 11 is 0. The van der Waals surface area contributed by atoms with Crippen LogP contribution >= 0.6 is 0 Å². The summed E-state index contributed by atoms with van der Waals surface area (Å²) < 4.78 is 19.1. The lowest BCUT2D eigenvalue weighted by atomic mass is 9.94. The van der Waals surface area contributed by atoms with Gasteiger partial charge in [-0.05, 0) is 60.0 Å². The van der Waals surface area contributed by atoms with Crippen LogP contribution in [0.15, 0.2) is 66.7 Å². The Morgan fingerprint density at radius 2 is 1.83 bits per heavy atom. The largest absolute Gasteiger partial charge is 0.478 e. The number of amides is 5. The van der Waals surface area contributed by atoms with Crippen molar-refractivity contribution in [1.29, 1.82) is 0 Å². The number of benzene rings is 3. The highest BCUT2D eigenvalue weighted by molar-refractivity contribution is 6.08. The molecule has 1 aliphatic heterocycles. The van der Waals surface area contributed by atoms with Gasteiger partial charge in [-0.25, -0.2) is 23.7 Å². The Morgan fingerprint density at radius 1 is 1.07 bits per heavy atom. The van der Waals surface area contributed by atoms with Crippen molar-refractivity contribution in [3.63, 3.8) is 0 Å². The minimum absolute atomic E-state index is 0.0668. The number of fused-ring (bicyclic) bond motifs is 2. The lowest BCUT2D eigenvalue weighted by molar-refractivity contribution is -0.139. The molecule has 12 heteroatoms. The van der Waals surface area contributed by atoms with E-state index in [1.165, 1.54) is 60.5 Å². The van der Waals surface area contributed by atoms with Crippen molar-refractivity contribution >= 4 is 41.3 Å². The van der Waals surface area contributed by atoms with Gasteiger partial charge in [0.15, 0.2) is 0 Å². The van der Waals surface area contributed by atoms with Gasteiger partial charge in [-0.1, -0.05) is 24.3 Å². The predicted molar refractivity (Wildman–Crippen MR) is 144 cm³/mol. The number of carboxylic acid groups (broad SMARTS) is 1. The molecule has 210 valence electrons. The van der Waals surface area contributed by atoms with Gasteiger partial charge in [-0.3, -0.25) is 9.59 Å². The van der Waals surface area contributed by atoms with Crippen molar-refractivity contribution < 1.29 is 38.2 Å². The molecule has 1 atom stereocenters. The Labute approximate surface area is 233 Å². The molecule has 1 fully saturated rings. The summed E-state index contributed by atoms with van der Waals surface area (Å²) in [6.07, 6.45) is -0.413. The van der Waals surface area contributed by atoms with Gasteiger partial charge in [0.2, 0.25) is 11.5 Å². The molecule has 1 saturated heterocycles. The van der Waals surface area contributed by atoms with Crippen LogP contribution in [-0.2, 0) is 32.9 Å². The minimum Gasteiger partial charge on any atom is -0.478 e. The van der Waals surface area contributed by atoms with Gasteiger partial charge in [-0.2, -0.15) is 0 Å². The van der Waals surface area contributed by atoms with E-state index in [0.29, 0.717) is 23.2 Å². The topological polar surface area (TPSA) is 145 Å². The van der Waals surface area contributed by atoms with Crippen LogP contribution < -0.4 is 15.5 Å². The first-order valence-corrected chi connectivity index (χ1v) is 12.7. The van der Waals surface area contributed by atoms with Crippen molar-refractivity contribution in [2.45, 2.75) is 25.0 Å². The number of nitrogens with zero attached hydrogens (tertiary/aromatic N) is 2. The molecular weight excluding hydrogens is 535 g/mol. The van der Waals surface area contributed by atoms with Gasteiger partial charge < -0.3 is 25.4 Å². The van der Waals surface area contributed by atoms with Crippen LogP contribution in [0.25, 0.3) is 0 Å². The quantitative estimate of drug-likeness (QED) is 0.400. The van der Waals surface area contributed by atoms with Crippen molar-refractivity contribution in [3.8, 4) is 0 Å². The van der Waals surface area contributed by atoms with Gasteiger partial charge in [0, 0.05) is 30.4 Å². The average molecular weight is 561 g/mol. The van der Waals surface area contributed by atoms with Crippen molar-refractivity contribution in [3.05, 3.63) is 94.8 Å². The Hall–Kier alpha value is -5.26. The van der Waals surface area contributed by atoms with Crippen LogP contribution in [0.4, 0.5) is 25.4 Å². The van der Waals surface area contributed by atoms with E-state index in [1.54, 1.807) is 18.2 Å². The van der Waals surface area contributed by atoms with Crippen LogP contribution in [0.1, 0.15) is 33.5 Å². The van der Waals surface area contributed by atoms with E-state index in [9.17, 15) is 33.5 Å². The van der Waals surface area contributed by atoms with E-state index in [1.807, 2.05) is 0 Å². The predicted octanol–water partition coefficient (Wildman–Crippen LogP) is 3.63. The summed E-state index contributed by atoms with van der Waals surface area (Å²) in [6, 6.07) is 15.6. The molecule has 11 nitrogen and oxygen atoms in total. The fourth-order valence-electron chi connectivity index (χ4n) is 5.05. The molecule has 3 aromatic carbocycles. The Balaban J connectivity index is 1.41. The van der Waals surface area contributed by atoms with E-state index in [2.05, 4.69) is 10.6 Å². The minimum atomic E-state index is -1.59. The smallest absolute Gasteiger partial charge is 0.418 e. The molecule has 5 amide bonds. The number of carbonyl (C=O) groups is 5. The third-order valence-corrected chi connectivity index (χ3v) is 7.10. The fraction of sp³-hybridized carbons (Fsp3) is 0.207. The van der Waals surface area contributed by atoms with Crippen LogP contribution in [0, 0.1) is 5.82 Å². The number of nitrogens with one attached hydrogen (secondary N) is 2. The molecule has 0 saturated carbocycles. The number of imide groups is 1. The summed E-state index contributed by atoms with van der Waals surface area (Å²) in [5, 5.41) is 14.5. The number of hydrogen-bond donors (Lipinski definition) is 3. The van der Waals surface area contributed by atoms with E-state index in [0.717, 1.165) is 10.5 Å². The number of aryl methyl sites for hydroxylation is 1. The monoisotopic (exact) mass is 560 g/mol. The van der Waals surface area contributed by atoms with Crippen LogP contribution in [-0.4, -0.2) is 53.5 Å². The zero-order valence-corrected chi connectivity index (χ0v) is 21.8. The molecular formula is C29H25FN4O7. The second kappa shape index (κ2) is 10.7. The highest BCUT2D eigenvalue weighted by atomic mass is 19.1. The lowest BCUT2D eigenvalue weighted by Crippen LogP contribution is -2.44. The Kier molecular flexibility index (Phi) is 7.14. The van der Waals surface area contributed by atoms with Crippen molar-refractivity contribution in [2.24, 2.45) is 0 Å². The number of urea groups is 1. The number of anilines is 2. The fourth-order valence-corrected chi connectivity index (χ4v) is 5.05. The molecule has 0 radical (unpaired) electrons. The zero-order chi connectivity index (χ0) is 29.3. The zero-order valence-electron chi connectivity index (χ0n) is 21.8. The summed E-state index contributed by atoms with van der Waals surface area (Å²) in [6.45, 7) is -0.738. The Morgan fingerprint density at radius 3 is 2.54 bits per heavy atom. The molecule has 0 bridgehead atoms. The maximum atomic E-state index is 13.7. The summed E-state index contributed by atoms with van der Waals surface area (Å²) in [5.74, 6) is -3.04. The van der Waals surface area contributed by atoms with E-state index in [-0.39, 0.29) is 24.2 Å². The van der Waals surface area contributed by atoms with Crippen molar-refractivity contribution in [1.82, 2.24) is 10.2 Å². The Bertz CT molecular complexity index is 1580. The summed E-state index contributed by atoms with van der Waals surface area (Å²) in [7, 11) is 1.48. The third-order valence-electron chi connectivity index (χ3n) is 7.10. The lowest BCUT2D eigenvalue weighted by Gasteiger charge is -2.25. The second-order valence-electron chi connectivity index (χ2n) is 9.62. The highest BCUT2D eigenvalue weighted by Gasteiger charge is 2.58. The van der Waals surface area contributed by atoms with E-state index in [4.69, 9.17) is 4.74 Å². The summed E-state index contributed by atoms with van der Waals surface area (Å²) in [5.41, 5.74) is 0.798. The standard InChI is InChI=1S/C29H25FN4O7/c1-31-27(39)32-21-9-10-23-18(13-21)11-12-29(23)26(38)34(28(40)41-29)16-24(35)33(15-17-5-7-20(30)8-6-17)22-4-2-3-19(14-22)25(36)37/h2-10,13-14H,11-12,15-16H2,1H3,(H,36,37)(H2,31,32,39)/t29-/m1/s1. The molecule has 3 aromatic rings. The molecule has 2 aliphatic rings. The third kappa shape index (κ3) is 5.19. The van der Waals surface area contributed by atoms with Gasteiger partial charge in [0.25, 0.3) is 5.91 Å². The first-order chi connectivity index (χ1) is 19.6. The molecule has 0 unspecified atom stereocenters. The molecule has 0 aromatic heterocycles. The number of carbonyl (C=O) groups excluding carboxylic acids is 4. The number of halogens is 1. The van der Waals surface area contributed by atoms with Crippen molar-refractivity contribution in [2.75, 3.05) is 23.8 Å². The van der Waals surface area contributed by atoms with E-state index >= 15 is 0 Å². The van der Waals surface area contributed by atoms with Gasteiger partial charge in [-0.15, -0.1) is 0 Å². The van der Waals surface area contributed by atoms with Crippen LogP contribution in [0.2, 0.25) is 0 Å². The molecule has 1 spiro atoms. The number of carboxylic acids is 1. The maximum absolute atomic E-state index is 13.7.